The largest absolute Gasteiger partial charge is 0.396 e. The normalized spacial score (nSPS) is 27.5. The standard InChI is InChI=1S/C10H21NO/c1-10(2,3)11-6-4-5-9(7-11)8-12/h9,12H,4-8H2,1-3H3. The van der Waals surface area contributed by atoms with Crippen LogP contribution in [0, 0.1) is 5.92 Å². The fraction of sp³-hybridized carbons (Fsp3) is 1.00. The first-order valence-corrected chi connectivity index (χ1v) is 4.90. The van der Waals surface area contributed by atoms with E-state index in [1.54, 1.807) is 0 Å². The maximum Gasteiger partial charge on any atom is 0.0471 e. The van der Waals surface area contributed by atoms with Gasteiger partial charge in [0, 0.05) is 18.7 Å². The molecule has 0 radical (unpaired) electrons. The summed E-state index contributed by atoms with van der Waals surface area (Å²) in [5.41, 5.74) is 0.272. The molecule has 1 N–H and O–H groups in total. The van der Waals surface area contributed by atoms with Crippen LogP contribution in [0.25, 0.3) is 0 Å². The van der Waals surface area contributed by atoms with Crippen LogP contribution in [-0.2, 0) is 0 Å². The molecule has 1 saturated heterocycles. The number of aliphatic hydroxyl groups excluding tert-OH is 1. The molecule has 2 nitrogen and oxygen atoms in total. The number of hydrogen-bond acceptors (Lipinski definition) is 2. The Kier molecular flexibility index (Phi) is 3.13. The second kappa shape index (κ2) is 3.75. The molecule has 0 saturated carbocycles. The molecule has 1 unspecified atom stereocenters. The van der Waals surface area contributed by atoms with Crippen molar-refractivity contribution < 1.29 is 5.11 Å². The van der Waals surface area contributed by atoms with Gasteiger partial charge in [0.15, 0.2) is 0 Å². The molecule has 12 heavy (non-hydrogen) atoms. The van der Waals surface area contributed by atoms with E-state index in [2.05, 4.69) is 25.7 Å². The Hall–Kier alpha value is -0.0800. The molecule has 1 heterocycles. The summed E-state index contributed by atoms with van der Waals surface area (Å²) >= 11 is 0. The summed E-state index contributed by atoms with van der Waals surface area (Å²) in [6, 6.07) is 0. The minimum absolute atomic E-state index is 0.272. The Morgan fingerprint density at radius 3 is 2.58 bits per heavy atom. The monoisotopic (exact) mass is 171 g/mol. The minimum atomic E-state index is 0.272. The Labute approximate surface area is 75.6 Å². The van der Waals surface area contributed by atoms with Crippen LogP contribution in [0.4, 0.5) is 0 Å². The molecule has 1 rings (SSSR count). The number of nitrogens with zero attached hydrogens (tertiary/aromatic N) is 1. The van der Waals surface area contributed by atoms with Gasteiger partial charge < -0.3 is 5.11 Å². The summed E-state index contributed by atoms with van der Waals surface area (Å²) in [7, 11) is 0. The van der Waals surface area contributed by atoms with Crippen LogP contribution in [0.2, 0.25) is 0 Å². The van der Waals surface area contributed by atoms with Crippen LogP contribution in [0.1, 0.15) is 33.6 Å². The third-order valence-electron chi connectivity index (χ3n) is 2.73. The van der Waals surface area contributed by atoms with E-state index in [-0.39, 0.29) is 5.54 Å². The van der Waals surface area contributed by atoms with Gasteiger partial charge in [-0.15, -0.1) is 0 Å². The maximum atomic E-state index is 9.05. The van der Waals surface area contributed by atoms with Gasteiger partial charge in [-0.2, -0.15) is 0 Å². The summed E-state index contributed by atoms with van der Waals surface area (Å²) in [5, 5.41) is 9.05. The van der Waals surface area contributed by atoms with Crippen LogP contribution in [0.3, 0.4) is 0 Å². The third-order valence-corrected chi connectivity index (χ3v) is 2.73. The lowest BCUT2D eigenvalue weighted by Crippen LogP contribution is -2.47. The van der Waals surface area contributed by atoms with Crippen molar-refractivity contribution in [1.29, 1.82) is 0 Å². The van der Waals surface area contributed by atoms with Crippen molar-refractivity contribution in [3.8, 4) is 0 Å². The lowest BCUT2D eigenvalue weighted by atomic mass is 9.94. The predicted octanol–water partition coefficient (Wildman–Crippen LogP) is 1.49. The minimum Gasteiger partial charge on any atom is -0.396 e. The van der Waals surface area contributed by atoms with Crippen LogP contribution in [0.15, 0.2) is 0 Å². The fourth-order valence-electron chi connectivity index (χ4n) is 1.82. The Morgan fingerprint density at radius 2 is 2.08 bits per heavy atom. The summed E-state index contributed by atoms with van der Waals surface area (Å²) in [6.45, 7) is 9.35. The van der Waals surface area contributed by atoms with Crippen molar-refractivity contribution in [2.45, 2.75) is 39.2 Å². The molecular weight excluding hydrogens is 150 g/mol. The maximum absolute atomic E-state index is 9.05. The highest BCUT2D eigenvalue weighted by atomic mass is 16.3. The van der Waals surface area contributed by atoms with Crippen LogP contribution >= 0.6 is 0 Å². The SMILES string of the molecule is CC(C)(C)N1CCCC(CO)C1. The van der Waals surface area contributed by atoms with Crippen molar-refractivity contribution >= 4 is 0 Å². The zero-order valence-electron chi connectivity index (χ0n) is 8.51. The lowest BCUT2D eigenvalue weighted by molar-refractivity contribution is 0.0561. The Bertz CT molecular complexity index is 139. The van der Waals surface area contributed by atoms with Crippen molar-refractivity contribution in [2.75, 3.05) is 19.7 Å². The molecule has 72 valence electrons. The number of rotatable bonds is 1. The molecule has 0 aromatic rings. The fourth-order valence-corrected chi connectivity index (χ4v) is 1.82. The summed E-state index contributed by atoms with van der Waals surface area (Å²) < 4.78 is 0. The molecule has 0 aromatic heterocycles. The number of piperidine rings is 1. The second-order valence-electron chi connectivity index (χ2n) is 4.81. The molecule has 1 aliphatic rings. The average molecular weight is 171 g/mol. The van der Waals surface area contributed by atoms with E-state index in [0.717, 1.165) is 6.54 Å². The zero-order chi connectivity index (χ0) is 9.19. The number of hydrogen-bond donors (Lipinski definition) is 1. The van der Waals surface area contributed by atoms with E-state index in [4.69, 9.17) is 5.11 Å². The highest BCUT2D eigenvalue weighted by molar-refractivity contribution is 4.81. The van der Waals surface area contributed by atoms with Gasteiger partial charge in [-0.1, -0.05) is 0 Å². The molecule has 0 aliphatic carbocycles. The highest BCUT2D eigenvalue weighted by Gasteiger charge is 2.27. The molecule has 0 amide bonds. The first-order valence-electron chi connectivity index (χ1n) is 4.90. The third kappa shape index (κ3) is 2.46. The molecular formula is C10H21NO. The van der Waals surface area contributed by atoms with E-state index in [0.29, 0.717) is 12.5 Å². The lowest BCUT2D eigenvalue weighted by Gasteiger charge is -2.41. The Morgan fingerprint density at radius 1 is 1.42 bits per heavy atom. The number of aliphatic hydroxyl groups is 1. The van der Waals surface area contributed by atoms with Crippen LogP contribution in [-0.4, -0.2) is 35.2 Å². The average Bonchev–Trinajstić information content (AvgIpc) is 2.03. The van der Waals surface area contributed by atoms with Crippen LogP contribution in [0.5, 0.6) is 0 Å². The van der Waals surface area contributed by atoms with Gasteiger partial charge in [0.25, 0.3) is 0 Å². The van der Waals surface area contributed by atoms with Gasteiger partial charge in [-0.3, -0.25) is 4.90 Å². The second-order valence-corrected chi connectivity index (χ2v) is 4.81. The van der Waals surface area contributed by atoms with Crippen molar-refractivity contribution in [1.82, 2.24) is 4.90 Å². The summed E-state index contributed by atoms with van der Waals surface area (Å²) in [4.78, 5) is 2.47. The van der Waals surface area contributed by atoms with E-state index in [1.165, 1.54) is 19.4 Å². The van der Waals surface area contributed by atoms with Crippen LogP contribution < -0.4 is 0 Å². The molecule has 0 bridgehead atoms. The smallest absolute Gasteiger partial charge is 0.0471 e. The quantitative estimate of drug-likeness (QED) is 0.646. The summed E-state index contributed by atoms with van der Waals surface area (Å²) in [5.74, 6) is 0.512. The number of likely N-dealkylation sites (tertiary alicyclic amines) is 1. The molecule has 1 aliphatic heterocycles. The molecule has 2 heteroatoms. The topological polar surface area (TPSA) is 23.5 Å². The van der Waals surface area contributed by atoms with Gasteiger partial charge in [-0.25, -0.2) is 0 Å². The Balaban J connectivity index is 2.46. The first-order chi connectivity index (χ1) is 5.54. The van der Waals surface area contributed by atoms with Gasteiger partial charge in [0.2, 0.25) is 0 Å². The van der Waals surface area contributed by atoms with E-state index in [9.17, 15) is 0 Å². The van der Waals surface area contributed by atoms with Crippen molar-refractivity contribution in [3.63, 3.8) is 0 Å². The molecule has 0 spiro atoms. The highest BCUT2D eigenvalue weighted by Crippen LogP contribution is 2.22. The molecule has 0 aromatic carbocycles. The predicted molar refractivity (Wildman–Crippen MR) is 51.1 cm³/mol. The van der Waals surface area contributed by atoms with Gasteiger partial charge in [0.05, 0.1) is 0 Å². The van der Waals surface area contributed by atoms with Crippen molar-refractivity contribution in [3.05, 3.63) is 0 Å². The zero-order valence-corrected chi connectivity index (χ0v) is 8.51. The van der Waals surface area contributed by atoms with Gasteiger partial charge >= 0.3 is 0 Å². The molecule has 1 atom stereocenters. The summed E-state index contributed by atoms with van der Waals surface area (Å²) in [6.07, 6.45) is 2.44. The first kappa shape index (κ1) is 10.0. The van der Waals surface area contributed by atoms with E-state index in [1.807, 2.05) is 0 Å². The van der Waals surface area contributed by atoms with E-state index >= 15 is 0 Å². The van der Waals surface area contributed by atoms with Crippen molar-refractivity contribution in [2.24, 2.45) is 5.92 Å². The molecule has 1 fully saturated rings. The van der Waals surface area contributed by atoms with E-state index < -0.39 is 0 Å². The van der Waals surface area contributed by atoms with Gasteiger partial charge in [0.1, 0.15) is 0 Å². The van der Waals surface area contributed by atoms with Gasteiger partial charge in [-0.05, 0) is 46.1 Å².